The first-order chi connectivity index (χ1) is 10.5. The second-order valence-corrected chi connectivity index (χ2v) is 6.57. The highest BCUT2D eigenvalue weighted by atomic mass is 35.5. The van der Waals surface area contributed by atoms with E-state index in [2.05, 4.69) is 0 Å². The van der Waals surface area contributed by atoms with Gasteiger partial charge >= 0.3 is 5.97 Å². The van der Waals surface area contributed by atoms with Crippen LogP contribution in [0.2, 0.25) is 5.02 Å². The van der Waals surface area contributed by atoms with Crippen molar-refractivity contribution in [2.24, 2.45) is 0 Å². The van der Waals surface area contributed by atoms with E-state index >= 15 is 0 Å². The highest BCUT2D eigenvalue weighted by Gasteiger charge is 2.24. The van der Waals surface area contributed by atoms with Gasteiger partial charge in [-0.25, -0.2) is 4.79 Å². The van der Waals surface area contributed by atoms with E-state index < -0.39 is 11.8 Å². The lowest BCUT2D eigenvalue weighted by molar-refractivity contribution is -0.134. The Bertz CT molecular complexity index is 651. The third-order valence-electron chi connectivity index (χ3n) is 2.96. The summed E-state index contributed by atoms with van der Waals surface area (Å²) in [4.78, 5) is 23.7. The molecule has 1 aromatic rings. The third kappa shape index (κ3) is 3.53. The summed E-state index contributed by atoms with van der Waals surface area (Å²) in [5.41, 5.74) is 0.296. The molecule has 0 atom stereocenters. The maximum absolute atomic E-state index is 12.4. The fourth-order valence-corrected chi connectivity index (χ4v) is 3.66. The van der Waals surface area contributed by atoms with Crippen molar-refractivity contribution in [3.05, 3.63) is 32.5 Å². The molecule has 8 heteroatoms. The first-order valence-corrected chi connectivity index (χ1v) is 8.97. The minimum Gasteiger partial charge on any atom is -0.478 e. The number of carboxylic acid groups (broad SMARTS) is 1. The van der Waals surface area contributed by atoms with E-state index in [0.717, 1.165) is 0 Å². The van der Waals surface area contributed by atoms with Crippen LogP contribution in [0.15, 0.2) is 21.9 Å². The van der Waals surface area contributed by atoms with Gasteiger partial charge in [0.05, 0.1) is 4.24 Å². The smallest absolute Gasteiger partial charge is 0.341 e. The molecule has 2 rings (SSSR count). The zero-order valence-electron chi connectivity index (χ0n) is 11.8. The van der Waals surface area contributed by atoms with E-state index in [4.69, 9.17) is 21.1 Å². The highest BCUT2D eigenvalue weighted by molar-refractivity contribution is 8.21. The fraction of sp³-hybridized carbons (Fsp3) is 0.286. The number of carbonyl (C=O) groups excluding carboxylic acids is 1. The summed E-state index contributed by atoms with van der Waals surface area (Å²) >= 11 is 8.59. The first-order valence-electron chi connectivity index (χ1n) is 6.14. The van der Waals surface area contributed by atoms with Gasteiger partial charge in [-0.2, -0.15) is 0 Å². The quantitative estimate of drug-likeness (QED) is 0.474. The molecule has 0 aliphatic carbocycles. The Labute approximate surface area is 141 Å². The molecule has 0 radical (unpaired) electrons. The third-order valence-corrected chi connectivity index (χ3v) is 5.46. The van der Waals surface area contributed by atoms with Crippen LogP contribution in [0.25, 0.3) is 0 Å². The number of Topliss-reactive ketones (excluding diaryl/α,β-unsaturated/α-hetero) is 1. The zero-order chi connectivity index (χ0) is 16.3. The van der Waals surface area contributed by atoms with E-state index in [0.29, 0.717) is 26.3 Å². The van der Waals surface area contributed by atoms with E-state index in [1.165, 1.54) is 23.5 Å². The number of ketones is 1. The number of carboxylic acids is 1. The van der Waals surface area contributed by atoms with Gasteiger partial charge in [0, 0.05) is 17.5 Å². The monoisotopic (exact) mass is 360 g/mol. The molecule has 5 nitrogen and oxygen atoms in total. The number of benzene rings is 1. The standard InChI is InChI=1S/C14H13ClO5S2/c1-21-14(22-2)12(13(17)18)9(16)3-7-4-10-11(5-8(7)15)20-6-19-10/h4-5H,3,6H2,1-2H3,(H,17,18). The molecule has 0 fully saturated rings. The molecule has 1 aromatic carbocycles. The lowest BCUT2D eigenvalue weighted by Gasteiger charge is -2.09. The molecular weight excluding hydrogens is 348 g/mol. The molecule has 0 spiro atoms. The van der Waals surface area contributed by atoms with Crippen LogP contribution in [0.5, 0.6) is 11.5 Å². The summed E-state index contributed by atoms with van der Waals surface area (Å²) in [5.74, 6) is -0.709. The summed E-state index contributed by atoms with van der Waals surface area (Å²) in [6, 6.07) is 3.18. The van der Waals surface area contributed by atoms with Crippen LogP contribution in [0.1, 0.15) is 5.56 Å². The predicted molar refractivity (Wildman–Crippen MR) is 88.0 cm³/mol. The fourth-order valence-electron chi connectivity index (χ4n) is 1.96. The minimum atomic E-state index is -1.24. The van der Waals surface area contributed by atoms with Crippen LogP contribution in [0, 0.1) is 0 Å². The average Bonchev–Trinajstić information content (AvgIpc) is 2.91. The van der Waals surface area contributed by atoms with Crippen LogP contribution in [-0.2, 0) is 16.0 Å². The Morgan fingerprint density at radius 2 is 1.82 bits per heavy atom. The number of fused-ring (bicyclic) bond motifs is 1. The molecule has 118 valence electrons. The number of rotatable bonds is 6. The number of halogens is 1. The normalized spacial score (nSPS) is 12.1. The number of hydrogen-bond donors (Lipinski definition) is 1. The summed E-state index contributed by atoms with van der Waals surface area (Å²) in [7, 11) is 0. The second kappa shape index (κ2) is 7.30. The summed E-state index contributed by atoms with van der Waals surface area (Å²) in [6.07, 6.45) is 3.35. The largest absolute Gasteiger partial charge is 0.478 e. The predicted octanol–water partition coefficient (Wildman–Crippen LogP) is 3.20. The van der Waals surface area contributed by atoms with Crippen molar-refractivity contribution < 1.29 is 24.2 Å². The van der Waals surface area contributed by atoms with Crippen LogP contribution in [0.4, 0.5) is 0 Å². The molecule has 0 bridgehead atoms. The number of hydrogen-bond acceptors (Lipinski definition) is 6. The van der Waals surface area contributed by atoms with Crippen LogP contribution in [-0.4, -0.2) is 36.2 Å². The molecule has 0 amide bonds. The number of aliphatic carboxylic acids is 1. The van der Waals surface area contributed by atoms with Crippen LogP contribution >= 0.6 is 35.1 Å². The van der Waals surface area contributed by atoms with Gasteiger partial charge in [0.15, 0.2) is 17.3 Å². The molecule has 1 N–H and O–H groups in total. The SMILES string of the molecule is CSC(SC)=C(C(=O)O)C(=O)Cc1cc2c(cc1Cl)OCO2. The summed E-state index contributed by atoms with van der Waals surface area (Å²) in [5, 5.41) is 9.64. The Morgan fingerprint density at radius 1 is 1.23 bits per heavy atom. The van der Waals surface area contributed by atoms with Crippen molar-refractivity contribution in [1.82, 2.24) is 0 Å². The topological polar surface area (TPSA) is 72.8 Å². The van der Waals surface area contributed by atoms with E-state index in [-0.39, 0.29) is 18.8 Å². The lowest BCUT2D eigenvalue weighted by Crippen LogP contribution is -2.16. The zero-order valence-corrected chi connectivity index (χ0v) is 14.2. The van der Waals surface area contributed by atoms with Crippen LogP contribution in [0.3, 0.4) is 0 Å². The van der Waals surface area contributed by atoms with Crippen molar-refractivity contribution in [2.45, 2.75) is 6.42 Å². The highest BCUT2D eigenvalue weighted by Crippen LogP contribution is 2.37. The molecule has 1 aliphatic heterocycles. The van der Waals surface area contributed by atoms with E-state index in [1.54, 1.807) is 24.6 Å². The van der Waals surface area contributed by atoms with Crippen LogP contribution < -0.4 is 9.47 Å². The lowest BCUT2D eigenvalue weighted by atomic mass is 10.0. The Kier molecular flexibility index (Phi) is 5.66. The van der Waals surface area contributed by atoms with Crippen molar-refractivity contribution in [3.63, 3.8) is 0 Å². The van der Waals surface area contributed by atoms with Gasteiger partial charge in [-0.1, -0.05) is 11.6 Å². The molecule has 0 aromatic heterocycles. The van der Waals surface area contributed by atoms with E-state index in [1.807, 2.05) is 0 Å². The van der Waals surface area contributed by atoms with Gasteiger partial charge in [-0.05, 0) is 24.1 Å². The van der Waals surface area contributed by atoms with Gasteiger partial charge in [-0.15, -0.1) is 23.5 Å². The molecular formula is C14H13ClO5S2. The molecule has 0 saturated carbocycles. The van der Waals surface area contributed by atoms with Crippen molar-refractivity contribution in [1.29, 1.82) is 0 Å². The molecule has 1 aliphatic rings. The number of ether oxygens (including phenoxy) is 2. The van der Waals surface area contributed by atoms with E-state index in [9.17, 15) is 14.7 Å². The maximum atomic E-state index is 12.4. The van der Waals surface area contributed by atoms with Gasteiger partial charge in [0.25, 0.3) is 0 Å². The molecule has 0 unspecified atom stereocenters. The van der Waals surface area contributed by atoms with Crippen molar-refractivity contribution >= 4 is 46.9 Å². The number of carbonyl (C=O) groups is 2. The first kappa shape index (κ1) is 17.1. The van der Waals surface area contributed by atoms with Gasteiger partial charge < -0.3 is 14.6 Å². The van der Waals surface area contributed by atoms with Gasteiger partial charge in [-0.3, -0.25) is 4.79 Å². The minimum absolute atomic E-state index is 0.104. The Morgan fingerprint density at radius 3 is 2.36 bits per heavy atom. The number of thioether (sulfide) groups is 2. The van der Waals surface area contributed by atoms with Crippen molar-refractivity contribution in [2.75, 3.05) is 19.3 Å². The average molecular weight is 361 g/mol. The Hall–Kier alpha value is -1.31. The second-order valence-electron chi connectivity index (χ2n) is 4.27. The molecule has 1 heterocycles. The summed E-state index contributed by atoms with van der Waals surface area (Å²) in [6.45, 7) is 0.104. The molecule has 0 saturated heterocycles. The Balaban J connectivity index is 2.32. The van der Waals surface area contributed by atoms with Gasteiger partial charge in [0.2, 0.25) is 6.79 Å². The maximum Gasteiger partial charge on any atom is 0.341 e. The summed E-state index contributed by atoms with van der Waals surface area (Å²) < 4.78 is 10.9. The van der Waals surface area contributed by atoms with Gasteiger partial charge in [0.1, 0.15) is 5.57 Å². The molecule has 22 heavy (non-hydrogen) atoms. The van der Waals surface area contributed by atoms with Crippen molar-refractivity contribution in [3.8, 4) is 11.5 Å².